The predicted molar refractivity (Wildman–Crippen MR) is 96.4 cm³/mol. The summed E-state index contributed by atoms with van der Waals surface area (Å²) in [5, 5.41) is 6.45. The number of piperazine rings is 1. The van der Waals surface area contributed by atoms with Crippen molar-refractivity contribution in [3.63, 3.8) is 0 Å². The molecule has 0 aliphatic carbocycles. The van der Waals surface area contributed by atoms with Crippen molar-refractivity contribution in [3.05, 3.63) is 46.1 Å². The average molecular weight is 407 g/mol. The molecular weight excluding hydrogens is 388 g/mol. The van der Waals surface area contributed by atoms with Gasteiger partial charge in [-0.1, -0.05) is 21.1 Å². The molecular formula is C17H19BrN4O3. The van der Waals surface area contributed by atoms with Crippen LogP contribution in [0.25, 0.3) is 0 Å². The lowest BCUT2D eigenvalue weighted by Crippen LogP contribution is -2.50. The Hall–Kier alpha value is -2.19. The predicted octanol–water partition coefficient (Wildman–Crippen LogP) is 2.14. The van der Waals surface area contributed by atoms with Gasteiger partial charge in [0.1, 0.15) is 5.76 Å². The van der Waals surface area contributed by atoms with Gasteiger partial charge in [-0.2, -0.15) is 0 Å². The fourth-order valence-corrected chi connectivity index (χ4v) is 2.96. The lowest BCUT2D eigenvalue weighted by molar-refractivity contribution is -0.117. The molecule has 0 saturated carbocycles. The average Bonchev–Trinajstić information content (AvgIpc) is 3.00. The zero-order chi connectivity index (χ0) is 17.8. The van der Waals surface area contributed by atoms with Gasteiger partial charge in [0.25, 0.3) is 5.91 Å². The second-order valence-electron chi connectivity index (χ2n) is 5.95. The van der Waals surface area contributed by atoms with E-state index in [1.54, 1.807) is 13.0 Å². The van der Waals surface area contributed by atoms with Gasteiger partial charge < -0.3 is 14.7 Å². The topological polar surface area (TPSA) is 78.7 Å². The fourth-order valence-electron chi connectivity index (χ4n) is 2.69. The van der Waals surface area contributed by atoms with Crippen LogP contribution in [-0.2, 0) is 4.79 Å². The molecule has 1 N–H and O–H groups in total. The van der Waals surface area contributed by atoms with E-state index in [4.69, 9.17) is 4.52 Å². The minimum absolute atomic E-state index is 0.0228. The minimum atomic E-state index is -0.138. The van der Waals surface area contributed by atoms with Gasteiger partial charge in [0, 0.05) is 42.3 Å². The third kappa shape index (κ3) is 4.67. The first kappa shape index (κ1) is 17.6. The summed E-state index contributed by atoms with van der Waals surface area (Å²) in [5.74, 6) is 0.956. The number of anilines is 1. The fraction of sp³-hybridized carbons (Fsp3) is 0.353. The van der Waals surface area contributed by atoms with Crippen molar-refractivity contribution in [1.29, 1.82) is 0 Å². The van der Waals surface area contributed by atoms with Crippen molar-refractivity contribution < 1.29 is 14.1 Å². The molecule has 2 amide bonds. The minimum Gasteiger partial charge on any atom is -0.360 e. The van der Waals surface area contributed by atoms with Crippen LogP contribution in [-0.4, -0.2) is 59.5 Å². The van der Waals surface area contributed by atoms with E-state index in [0.717, 1.165) is 4.47 Å². The van der Waals surface area contributed by atoms with Crippen molar-refractivity contribution in [1.82, 2.24) is 15.0 Å². The smallest absolute Gasteiger partial charge is 0.253 e. The number of hydrogen-bond acceptors (Lipinski definition) is 5. The molecule has 2 heterocycles. The summed E-state index contributed by atoms with van der Waals surface area (Å²) >= 11 is 3.37. The maximum atomic E-state index is 12.5. The number of benzene rings is 1. The number of aryl methyl sites for hydroxylation is 1. The Balaban J connectivity index is 1.47. The second-order valence-corrected chi connectivity index (χ2v) is 6.86. The summed E-state index contributed by atoms with van der Waals surface area (Å²) in [6.45, 7) is 4.56. The maximum absolute atomic E-state index is 12.5. The number of aromatic nitrogens is 1. The highest BCUT2D eigenvalue weighted by Gasteiger charge is 2.23. The molecule has 8 heteroatoms. The van der Waals surface area contributed by atoms with Crippen LogP contribution >= 0.6 is 15.9 Å². The van der Waals surface area contributed by atoms with Crippen LogP contribution in [0.2, 0.25) is 0 Å². The Bertz CT molecular complexity index is 752. The van der Waals surface area contributed by atoms with Gasteiger partial charge >= 0.3 is 0 Å². The number of halogens is 1. The van der Waals surface area contributed by atoms with Crippen LogP contribution in [0.5, 0.6) is 0 Å². The standard InChI is InChI=1S/C17H19BrN4O3/c1-12-10-15(20-25-12)19-16(23)11-21-6-8-22(9-7-21)17(24)13-2-4-14(18)5-3-13/h2-5,10H,6-9,11H2,1H3,(H,19,20,23). The summed E-state index contributed by atoms with van der Waals surface area (Å²) in [7, 11) is 0. The monoisotopic (exact) mass is 406 g/mol. The maximum Gasteiger partial charge on any atom is 0.253 e. The van der Waals surface area contributed by atoms with Crippen molar-refractivity contribution in [3.8, 4) is 0 Å². The molecule has 1 aliphatic rings. The van der Waals surface area contributed by atoms with E-state index in [1.165, 1.54) is 0 Å². The van der Waals surface area contributed by atoms with Crippen LogP contribution in [0, 0.1) is 6.92 Å². The van der Waals surface area contributed by atoms with Gasteiger partial charge in [0.05, 0.1) is 6.54 Å². The number of carbonyl (C=O) groups is 2. The lowest BCUT2D eigenvalue weighted by atomic mass is 10.2. The van der Waals surface area contributed by atoms with Gasteiger partial charge in [-0.25, -0.2) is 0 Å². The van der Waals surface area contributed by atoms with Crippen LogP contribution in [0.15, 0.2) is 39.3 Å². The number of amides is 2. The third-order valence-electron chi connectivity index (χ3n) is 4.01. The van der Waals surface area contributed by atoms with E-state index >= 15 is 0 Å². The molecule has 0 atom stereocenters. The number of carbonyl (C=O) groups excluding carboxylic acids is 2. The summed E-state index contributed by atoms with van der Waals surface area (Å²) < 4.78 is 5.87. The SMILES string of the molecule is Cc1cc(NC(=O)CN2CCN(C(=O)c3ccc(Br)cc3)CC2)no1. The first-order chi connectivity index (χ1) is 12.0. The Morgan fingerprint density at radius 1 is 1.20 bits per heavy atom. The molecule has 25 heavy (non-hydrogen) atoms. The number of nitrogens with zero attached hydrogens (tertiary/aromatic N) is 3. The highest BCUT2D eigenvalue weighted by molar-refractivity contribution is 9.10. The Labute approximate surface area is 154 Å². The van der Waals surface area contributed by atoms with Crippen LogP contribution < -0.4 is 5.32 Å². The molecule has 1 fully saturated rings. The molecule has 0 bridgehead atoms. The summed E-state index contributed by atoms with van der Waals surface area (Å²) in [6.07, 6.45) is 0. The summed E-state index contributed by atoms with van der Waals surface area (Å²) in [5.41, 5.74) is 0.677. The molecule has 3 rings (SSSR count). The van der Waals surface area contributed by atoms with Crippen molar-refractivity contribution in [2.24, 2.45) is 0 Å². The molecule has 0 unspecified atom stereocenters. The van der Waals surface area contributed by atoms with Gasteiger partial charge in [0.15, 0.2) is 5.82 Å². The first-order valence-electron chi connectivity index (χ1n) is 8.01. The number of rotatable bonds is 4. The van der Waals surface area contributed by atoms with Crippen molar-refractivity contribution in [2.45, 2.75) is 6.92 Å². The Kier molecular flexibility index (Phi) is 5.50. The molecule has 1 saturated heterocycles. The Morgan fingerprint density at radius 3 is 2.48 bits per heavy atom. The number of hydrogen-bond donors (Lipinski definition) is 1. The second kappa shape index (κ2) is 7.79. The van der Waals surface area contributed by atoms with E-state index < -0.39 is 0 Å². The van der Waals surface area contributed by atoms with E-state index in [2.05, 4.69) is 26.4 Å². The summed E-state index contributed by atoms with van der Waals surface area (Å²) in [6, 6.07) is 9.02. The van der Waals surface area contributed by atoms with Crippen LogP contribution in [0.1, 0.15) is 16.1 Å². The molecule has 1 aliphatic heterocycles. The van der Waals surface area contributed by atoms with Gasteiger partial charge in [0.2, 0.25) is 5.91 Å². The van der Waals surface area contributed by atoms with Gasteiger partial charge in [-0.15, -0.1) is 0 Å². The lowest BCUT2D eigenvalue weighted by Gasteiger charge is -2.34. The van der Waals surface area contributed by atoms with Crippen LogP contribution in [0.3, 0.4) is 0 Å². The largest absolute Gasteiger partial charge is 0.360 e. The zero-order valence-electron chi connectivity index (χ0n) is 13.9. The Morgan fingerprint density at radius 2 is 1.88 bits per heavy atom. The normalized spacial score (nSPS) is 15.2. The van der Waals surface area contributed by atoms with E-state index in [1.807, 2.05) is 34.1 Å². The highest BCUT2D eigenvalue weighted by Crippen LogP contribution is 2.14. The van der Waals surface area contributed by atoms with E-state index in [-0.39, 0.29) is 18.4 Å². The molecule has 0 spiro atoms. The highest BCUT2D eigenvalue weighted by atomic mass is 79.9. The first-order valence-corrected chi connectivity index (χ1v) is 8.81. The molecule has 2 aromatic rings. The summed E-state index contributed by atoms with van der Waals surface area (Å²) in [4.78, 5) is 28.4. The quantitative estimate of drug-likeness (QED) is 0.841. The van der Waals surface area contributed by atoms with Crippen molar-refractivity contribution in [2.75, 3.05) is 38.0 Å². The third-order valence-corrected chi connectivity index (χ3v) is 4.54. The molecule has 7 nitrogen and oxygen atoms in total. The number of nitrogens with one attached hydrogen (secondary N) is 1. The van der Waals surface area contributed by atoms with Gasteiger partial charge in [-0.05, 0) is 31.2 Å². The molecule has 132 valence electrons. The molecule has 1 aromatic carbocycles. The van der Waals surface area contributed by atoms with Crippen molar-refractivity contribution >= 4 is 33.6 Å². The van der Waals surface area contributed by atoms with Crippen LogP contribution in [0.4, 0.5) is 5.82 Å². The van der Waals surface area contributed by atoms with Gasteiger partial charge in [-0.3, -0.25) is 14.5 Å². The zero-order valence-corrected chi connectivity index (χ0v) is 15.5. The molecule has 1 aromatic heterocycles. The molecule has 0 radical (unpaired) electrons. The van der Waals surface area contributed by atoms with E-state index in [0.29, 0.717) is 43.3 Å². The van der Waals surface area contributed by atoms with E-state index in [9.17, 15) is 9.59 Å².